The highest BCUT2D eigenvalue weighted by molar-refractivity contribution is 5.65. The molecule has 0 rings (SSSR count). The monoisotopic (exact) mass is 516 g/mol. The second kappa shape index (κ2) is 26.9. The van der Waals surface area contributed by atoms with Crippen LogP contribution in [0.25, 0.3) is 0 Å². The van der Waals surface area contributed by atoms with Crippen molar-refractivity contribution >= 4 is 11.9 Å². The van der Waals surface area contributed by atoms with Crippen LogP contribution in [0.3, 0.4) is 0 Å². The Morgan fingerprint density at radius 2 is 0.583 bits per heavy atom. The predicted molar refractivity (Wildman–Crippen MR) is 150 cm³/mol. The van der Waals surface area contributed by atoms with Crippen LogP contribution in [0, 0.1) is 0 Å². The average molecular weight is 517 g/mol. The molecule has 0 bridgehead atoms. The van der Waals surface area contributed by atoms with Gasteiger partial charge in [0.15, 0.2) is 0 Å². The molecule has 6 heteroatoms. The molecule has 0 aliphatic heterocycles. The third kappa shape index (κ3) is 23.3. The number of carbonyl (C=O) groups excluding carboxylic acids is 2. The highest BCUT2D eigenvalue weighted by atomic mass is 16.4. The molecule has 0 spiro atoms. The summed E-state index contributed by atoms with van der Waals surface area (Å²) in [5.41, 5.74) is 0. The number of hydrogen-bond acceptors (Lipinski definition) is 4. The summed E-state index contributed by atoms with van der Waals surface area (Å²) < 4.78 is 2.75. The van der Waals surface area contributed by atoms with E-state index in [0.717, 1.165) is 0 Å². The van der Waals surface area contributed by atoms with E-state index in [2.05, 4.69) is 55.4 Å². The summed E-state index contributed by atoms with van der Waals surface area (Å²) in [6.45, 7) is 29.6. The molecule has 0 aliphatic rings. The fraction of sp³-hybridized carbons (Fsp3) is 0.933. The van der Waals surface area contributed by atoms with Gasteiger partial charge < -0.3 is 28.8 Å². The van der Waals surface area contributed by atoms with Crippen molar-refractivity contribution < 1.29 is 28.8 Å². The molecule has 0 aromatic rings. The maximum atomic E-state index is 9.77. The molecule has 0 atom stereocenters. The van der Waals surface area contributed by atoms with Crippen LogP contribution >= 0.6 is 0 Å². The quantitative estimate of drug-likeness (QED) is 0.160. The molecule has 0 aliphatic carbocycles. The molecule has 0 N–H and O–H groups in total. The van der Waals surface area contributed by atoms with Crippen LogP contribution in [-0.4, -0.2) is 73.3 Å². The number of rotatable bonds is 21. The molecular formula is C30H64N2O4. The van der Waals surface area contributed by atoms with Gasteiger partial charge in [-0.15, -0.1) is 0 Å². The van der Waals surface area contributed by atoms with Gasteiger partial charge in [0.1, 0.15) is 0 Å². The minimum absolute atomic E-state index is 0.0761. The lowest BCUT2D eigenvalue weighted by molar-refractivity contribution is -0.928. The van der Waals surface area contributed by atoms with Gasteiger partial charge in [-0.2, -0.15) is 0 Å². The first-order valence-electron chi connectivity index (χ1n) is 15.2. The number of carbonyl (C=O) groups is 2. The third-order valence-corrected chi connectivity index (χ3v) is 6.60. The smallest absolute Gasteiger partial charge is 0.0783 e. The first-order valence-corrected chi connectivity index (χ1v) is 15.2. The van der Waals surface area contributed by atoms with Crippen molar-refractivity contribution in [2.24, 2.45) is 0 Å². The Labute approximate surface area is 225 Å². The molecule has 218 valence electrons. The van der Waals surface area contributed by atoms with Gasteiger partial charge in [0.25, 0.3) is 0 Å². The van der Waals surface area contributed by atoms with Gasteiger partial charge in [0, 0.05) is 11.9 Å². The number of carboxylic acid groups (broad SMARTS) is 2. The normalized spacial score (nSPS) is 11.2. The molecule has 0 saturated carbocycles. The number of hydrogen-bond donors (Lipinski definition) is 0. The van der Waals surface area contributed by atoms with Gasteiger partial charge in [-0.25, -0.2) is 0 Å². The molecule has 0 heterocycles. The minimum Gasteiger partial charge on any atom is -0.550 e. The molecule has 6 nitrogen and oxygen atoms in total. The summed E-state index contributed by atoms with van der Waals surface area (Å²) in [6.07, 6.45) is 11.2. The van der Waals surface area contributed by atoms with Gasteiger partial charge in [0.2, 0.25) is 0 Å². The zero-order valence-corrected chi connectivity index (χ0v) is 25.7. The Hall–Kier alpha value is -1.14. The topological polar surface area (TPSA) is 80.3 Å². The van der Waals surface area contributed by atoms with Crippen LogP contribution < -0.4 is 10.2 Å². The Bertz CT molecular complexity index is 394. The fourth-order valence-corrected chi connectivity index (χ4v) is 5.68. The predicted octanol–water partition coefficient (Wildman–Crippen LogP) is 4.93. The van der Waals surface area contributed by atoms with Gasteiger partial charge >= 0.3 is 0 Å². The molecule has 0 unspecified atom stereocenters. The van der Waals surface area contributed by atoms with Crippen molar-refractivity contribution in [1.29, 1.82) is 0 Å². The van der Waals surface area contributed by atoms with E-state index in [1.54, 1.807) is 0 Å². The first kappa shape index (κ1) is 39.4. The first-order chi connectivity index (χ1) is 17.1. The van der Waals surface area contributed by atoms with Crippen LogP contribution in [0.15, 0.2) is 0 Å². The number of aliphatic carboxylic acids is 2. The highest BCUT2D eigenvalue weighted by Crippen LogP contribution is 2.13. The Balaban J connectivity index is -0.000000459. The molecule has 0 aromatic heterocycles. The molecular weight excluding hydrogens is 452 g/mol. The lowest BCUT2D eigenvalue weighted by atomic mass is 10.2. The van der Waals surface area contributed by atoms with Gasteiger partial charge in [-0.1, -0.05) is 55.4 Å². The van der Waals surface area contributed by atoms with E-state index in [-0.39, 0.29) is 12.8 Å². The summed E-state index contributed by atoms with van der Waals surface area (Å²) >= 11 is 0. The maximum absolute atomic E-state index is 9.77. The van der Waals surface area contributed by atoms with E-state index >= 15 is 0 Å². The van der Waals surface area contributed by atoms with Crippen molar-refractivity contribution in [1.82, 2.24) is 0 Å². The Morgan fingerprint density at radius 1 is 0.417 bits per heavy atom. The number of unbranched alkanes of at least 4 members (excludes halogenated alkanes) is 1. The number of carboxylic acids is 2. The fourth-order valence-electron chi connectivity index (χ4n) is 5.68. The van der Waals surface area contributed by atoms with Crippen LogP contribution in [-0.2, 0) is 9.59 Å². The molecule has 0 amide bonds. The van der Waals surface area contributed by atoms with Gasteiger partial charge in [0.05, 0.1) is 52.4 Å². The van der Waals surface area contributed by atoms with Crippen LogP contribution in [0.1, 0.15) is 132 Å². The van der Waals surface area contributed by atoms with Gasteiger partial charge in [-0.3, -0.25) is 0 Å². The van der Waals surface area contributed by atoms with E-state index in [4.69, 9.17) is 0 Å². The summed E-state index contributed by atoms with van der Waals surface area (Å²) in [5, 5.41) is 19.5. The lowest BCUT2D eigenvalue weighted by Crippen LogP contribution is -2.50. The van der Waals surface area contributed by atoms with Crippen molar-refractivity contribution in [2.45, 2.75) is 132 Å². The molecule has 0 radical (unpaired) electrons. The highest BCUT2D eigenvalue weighted by Gasteiger charge is 2.23. The lowest BCUT2D eigenvalue weighted by Gasteiger charge is -2.38. The summed E-state index contributed by atoms with van der Waals surface area (Å²) in [4.78, 5) is 19.5. The van der Waals surface area contributed by atoms with Crippen molar-refractivity contribution in [3.05, 3.63) is 0 Å². The standard InChI is InChI=1S/2C12H28N.C6H10O4/c2*1-5-9-13(10-6-2,11-7-3)12-8-4;7-5(8)3-1-2-4-6(9)10/h2*5-12H2,1-4H3;1-4H2,(H,7,8)(H,9,10)/q2*+1;/p-2. The van der Waals surface area contributed by atoms with E-state index in [0.29, 0.717) is 12.8 Å². The van der Waals surface area contributed by atoms with Crippen LogP contribution in [0.2, 0.25) is 0 Å². The molecule has 36 heavy (non-hydrogen) atoms. The Kier molecular flexibility index (Phi) is 29.4. The van der Waals surface area contributed by atoms with E-state index in [9.17, 15) is 19.8 Å². The van der Waals surface area contributed by atoms with E-state index in [1.165, 1.54) is 113 Å². The van der Waals surface area contributed by atoms with Gasteiger partial charge in [-0.05, 0) is 77.0 Å². The van der Waals surface area contributed by atoms with Crippen LogP contribution in [0.4, 0.5) is 0 Å². The SMILES string of the molecule is CCC[N+](CCC)(CCC)CCC.CCC[N+](CCC)(CCC)CCC.O=C([O-])CCCCC(=O)[O-]. The average Bonchev–Trinajstić information content (AvgIpc) is 2.79. The Morgan fingerprint density at radius 3 is 0.694 bits per heavy atom. The van der Waals surface area contributed by atoms with Crippen LogP contribution in [0.5, 0.6) is 0 Å². The van der Waals surface area contributed by atoms with Crippen molar-refractivity contribution in [3.8, 4) is 0 Å². The largest absolute Gasteiger partial charge is 0.550 e. The van der Waals surface area contributed by atoms with E-state index in [1.807, 2.05) is 0 Å². The molecule has 0 fully saturated rings. The molecule has 0 saturated heterocycles. The second-order valence-corrected chi connectivity index (χ2v) is 10.4. The summed E-state index contributed by atoms with van der Waals surface area (Å²) in [5.74, 6) is -2.28. The summed E-state index contributed by atoms with van der Waals surface area (Å²) in [7, 11) is 0. The third-order valence-electron chi connectivity index (χ3n) is 6.60. The second-order valence-electron chi connectivity index (χ2n) is 10.4. The number of nitrogens with zero attached hydrogens (tertiary/aromatic N) is 2. The van der Waals surface area contributed by atoms with E-state index < -0.39 is 11.9 Å². The maximum Gasteiger partial charge on any atom is 0.0783 e. The zero-order valence-electron chi connectivity index (χ0n) is 25.7. The van der Waals surface area contributed by atoms with Crippen molar-refractivity contribution in [2.75, 3.05) is 52.4 Å². The molecule has 0 aromatic carbocycles. The van der Waals surface area contributed by atoms with Crippen molar-refractivity contribution in [3.63, 3.8) is 0 Å². The zero-order chi connectivity index (χ0) is 28.3. The minimum atomic E-state index is -1.14. The number of quaternary nitrogens is 2. The summed E-state index contributed by atoms with van der Waals surface area (Å²) in [6, 6.07) is 0.